The van der Waals surface area contributed by atoms with Crippen molar-refractivity contribution in [1.29, 1.82) is 0 Å². The number of phenols is 1. The summed E-state index contributed by atoms with van der Waals surface area (Å²) in [6, 6.07) is 8.61. The SMILES string of the molecule is CCCc1cc2c(=O)c(-c3ccccn3)coc2cc1O.O=CO. The Labute approximate surface area is 138 Å². The summed E-state index contributed by atoms with van der Waals surface area (Å²) < 4.78 is 5.49. The van der Waals surface area contributed by atoms with Crippen LogP contribution in [0.15, 0.2) is 52.0 Å². The molecular formula is C18H17NO5. The van der Waals surface area contributed by atoms with E-state index in [2.05, 4.69) is 4.98 Å². The van der Waals surface area contributed by atoms with Crippen molar-refractivity contribution in [2.75, 3.05) is 0 Å². The molecule has 0 bridgehead atoms. The molecule has 24 heavy (non-hydrogen) atoms. The maximum Gasteiger partial charge on any atom is 0.290 e. The molecule has 2 N–H and O–H groups in total. The van der Waals surface area contributed by atoms with Crippen LogP contribution in [0.25, 0.3) is 22.2 Å². The third-order valence-electron chi connectivity index (χ3n) is 3.43. The molecule has 0 aliphatic heterocycles. The molecule has 6 heteroatoms. The molecule has 0 saturated carbocycles. The van der Waals surface area contributed by atoms with Crippen LogP contribution in [-0.2, 0) is 11.2 Å². The fraction of sp³-hybridized carbons (Fsp3) is 0.167. The van der Waals surface area contributed by atoms with Gasteiger partial charge in [0.05, 0.1) is 16.6 Å². The van der Waals surface area contributed by atoms with Crippen molar-refractivity contribution in [3.05, 3.63) is 58.6 Å². The highest BCUT2D eigenvalue weighted by Gasteiger charge is 2.12. The Hall–Kier alpha value is -3.15. The fourth-order valence-electron chi connectivity index (χ4n) is 2.38. The fourth-order valence-corrected chi connectivity index (χ4v) is 2.38. The largest absolute Gasteiger partial charge is 0.508 e. The first kappa shape index (κ1) is 17.2. The summed E-state index contributed by atoms with van der Waals surface area (Å²) >= 11 is 0. The second kappa shape index (κ2) is 7.92. The minimum atomic E-state index is -0.250. The first-order chi connectivity index (χ1) is 11.6. The number of hydrogen-bond acceptors (Lipinski definition) is 5. The molecule has 3 aromatic rings. The van der Waals surface area contributed by atoms with Crippen molar-refractivity contribution in [2.24, 2.45) is 0 Å². The van der Waals surface area contributed by atoms with Crippen molar-refractivity contribution in [3.63, 3.8) is 0 Å². The number of carboxylic acid groups (broad SMARTS) is 1. The number of nitrogens with zero attached hydrogens (tertiary/aromatic N) is 1. The lowest BCUT2D eigenvalue weighted by Gasteiger charge is -2.06. The molecule has 2 heterocycles. The van der Waals surface area contributed by atoms with Crippen LogP contribution >= 0.6 is 0 Å². The van der Waals surface area contributed by atoms with Gasteiger partial charge in [-0.05, 0) is 30.2 Å². The van der Waals surface area contributed by atoms with Crippen molar-refractivity contribution in [2.45, 2.75) is 19.8 Å². The van der Waals surface area contributed by atoms with E-state index in [1.54, 1.807) is 24.4 Å². The summed E-state index contributed by atoms with van der Waals surface area (Å²) in [6.45, 7) is 1.77. The van der Waals surface area contributed by atoms with Crippen molar-refractivity contribution >= 4 is 17.4 Å². The van der Waals surface area contributed by atoms with Gasteiger partial charge in [0.15, 0.2) is 0 Å². The molecule has 0 fully saturated rings. The highest BCUT2D eigenvalue weighted by molar-refractivity contribution is 5.83. The Morgan fingerprint density at radius 3 is 2.67 bits per heavy atom. The number of hydrogen-bond donors (Lipinski definition) is 2. The normalized spacial score (nSPS) is 10.0. The van der Waals surface area contributed by atoms with Gasteiger partial charge in [0.2, 0.25) is 5.43 Å². The molecular weight excluding hydrogens is 310 g/mol. The number of benzene rings is 1. The number of aromatic nitrogens is 1. The molecule has 0 unspecified atom stereocenters. The first-order valence-electron chi connectivity index (χ1n) is 7.39. The average molecular weight is 327 g/mol. The van der Waals surface area contributed by atoms with Crippen LogP contribution in [-0.4, -0.2) is 21.7 Å². The van der Waals surface area contributed by atoms with Crippen LogP contribution in [0.3, 0.4) is 0 Å². The molecule has 0 radical (unpaired) electrons. The smallest absolute Gasteiger partial charge is 0.290 e. The van der Waals surface area contributed by atoms with E-state index in [1.165, 1.54) is 12.3 Å². The summed E-state index contributed by atoms with van der Waals surface area (Å²) in [5, 5.41) is 17.3. The van der Waals surface area contributed by atoms with Crippen molar-refractivity contribution in [1.82, 2.24) is 4.98 Å². The average Bonchev–Trinajstić information content (AvgIpc) is 2.58. The number of aromatic hydroxyl groups is 1. The number of rotatable bonds is 3. The molecule has 0 saturated heterocycles. The zero-order valence-electron chi connectivity index (χ0n) is 13.1. The predicted octanol–water partition coefficient (Wildman–Crippen LogP) is 3.21. The van der Waals surface area contributed by atoms with Gasteiger partial charge in [-0.1, -0.05) is 19.4 Å². The second-order valence-electron chi connectivity index (χ2n) is 5.03. The molecule has 0 aliphatic rings. The summed E-state index contributed by atoms with van der Waals surface area (Å²) in [7, 11) is 0. The zero-order valence-corrected chi connectivity index (χ0v) is 13.1. The van der Waals surface area contributed by atoms with Gasteiger partial charge >= 0.3 is 0 Å². The third-order valence-corrected chi connectivity index (χ3v) is 3.43. The molecule has 0 amide bonds. The second-order valence-corrected chi connectivity index (χ2v) is 5.03. The molecule has 0 aliphatic carbocycles. The van der Waals surface area contributed by atoms with Crippen LogP contribution in [0.1, 0.15) is 18.9 Å². The van der Waals surface area contributed by atoms with E-state index in [9.17, 15) is 9.90 Å². The number of pyridine rings is 1. The highest BCUT2D eigenvalue weighted by Crippen LogP contribution is 2.26. The monoisotopic (exact) mass is 327 g/mol. The van der Waals surface area contributed by atoms with Crippen LogP contribution in [0.2, 0.25) is 0 Å². The molecule has 3 rings (SSSR count). The summed E-state index contributed by atoms with van der Waals surface area (Å²) in [5.74, 6) is 0.165. The lowest BCUT2D eigenvalue weighted by molar-refractivity contribution is -0.122. The number of carbonyl (C=O) groups is 1. The summed E-state index contributed by atoms with van der Waals surface area (Å²) in [6.07, 6.45) is 4.64. The Balaban J connectivity index is 0.000000647. The standard InChI is InChI=1S/C17H15NO3.CH2O2/c1-2-5-11-8-12-16(9-15(11)19)21-10-13(17(12)20)14-6-3-4-7-18-14;2-1-3/h3-4,6-10,19H,2,5H2,1H3;1H,(H,2,3). The van der Waals surface area contributed by atoms with Crippen LogP contribution < -0.4 is 5.43 Å². The summed E-state index contributed by atoms with van der Waals surface area (Å²) in [5.41, 5.74) is 2.02. The van der Waals surface area contributed by atoms with Crippen LogP contribution in [0.5, 0.6) is 5.75 Å². The van der Waals surface area contributed by atoms with E-state index < -0.39 is 0 Å². The van der Waals surface area contributed by atoms with Gasteiger partial charge in [0.25, 0.3) is 6.47 Å². The molecule has 6 nitrogen and oxygen atoms in total. The van der Waals surface area contributed by atoms with Gasteiger partial charge in [-0.2, -0.15) is 0 Å². The zero-order chi connectivity index (χ0) is 17.5. The van der Waals surface area contributed by atoms with Gasteiger partial charge in [-0.15, -0.1) is 0 Å². The number of aryl methyl sites for hydroxylation is 1. The van der Waals surface area contributed by atoms with Crippen molar-refractivity contribution in [3.8, 4) is 17.0 Å². The van der Waals surface area contributed by atoms with Crippen LogP contribution in [0.4, 0.5) is 0 Å². The van der Waals surface area contributed by atoms with E-state index in [0.29, 0.717) is 22.2 Å². The van der Waals surface area contributed by atoms with Gasteiger partial charge in [0, 0.05) is 12.3 Å². The van der Waals surface area contributed by atoms with Gasteiger partial charge in [-0.25, -0.2) is 0 Å². The third kappa shape index (κ3) is 3.60. The Morgan fingerprint density at radius 1 is 1.29 bits per heavy atom. The Kier molecular flexibility index (Phi) is 5.68. The number of fused-ring (bicyclic) bond motifs is 1. The van der Waals surface area contributed by atoms with E-state index >= 15 is 0 Å². The van der Waals surface area contributed by atoms with E-state index in [0.717, 1.165) is 18.4 Å². The molecule has 124 valence electrons. The van der Waals surface area contributed by atoms with Gasteiger partial charge in [0.1, 0.15) is 17.6 Å². The minimum absolute atomic E-state index is 0.132. The quantitative estimate of drug-likeness (QED) is 0.716. The highest BCUT2D eigenvalue weighted by atomic mass is 16.3. The Bertz CT molecular complexity index is 887. The maximum atomic E-state index is 12.6. The van der Waals surface area contributed by atoms with Crippen molar-refractivity contribution < 1.29 is 19.4 Å². The molecule has 2 aromatic heterocycles. The number of phenolic OH excluding ortho intramolecular Hbond substituents is 1. The van der Waals surface area contributed by atoms with Gasteiger partial charge < -0.3 is 14.6 Å². The molecule has 0 atom stereocenters. The predicted molar refractivity (Wildman–Crippen MR) is 90.1 cm³/mol. The van der Waals surface area contributed by atoms with Gasteiger partial charge in [-0.3, -0.25) is 14.6 Å². The first-order valence-corrected chi connectivity index (χ1v) is 7.39. The van der Waals surface area contributed by atoms with E-state index in [4.69, 9.17) is 14.3 Å². The topological polar surface area (TPSA) is 101 Å². The van der Waals surface area contributed by atoms with Crippen LogP contribution in [0, 0.1) is 0 Å². The van der Waals surface area contributed by atoms with E-state index in [1.807, 2.05) is 13.0 Å². The Morgan fingerprint density at radius 2 is 2.04 bits per heavy atom. The van der Waals surface area contributed by atoms with E-state index in [-0.39, 0.29) is 17.7 Å². The lowest BCUT2D eigenvalue weighted by Crippen LogP contribution is -2.06. The molecule has 1 aromatic carbocycles. The molecule has 0 spiro atoms. The maximum absolute atomic E-state index is 12.6. The minimum Gasteiger partial charge on any atom is -0.508 e. The summed E-state index contributed by atoms with van der Waals surface area (Å²) in [4.78, 5) is 25.2. The lowest BCUT2D eigenvalue weighted by atomic mass is 10.0.